The molecule has 1 saturated heterocycles. The predicted molar refractivity (Wildman–Crippen MR) is 115 cm³/mol. The molecule has 0 aliphatic carbocycles. The third kappa shape index (κ3) is 4.55. The van der Waals surface area contributed by atoms with Crippen molar-refractivity contribution >= 4 is 34.2 Å². The molecule has 2 aromatic carbocycles. The summed E-state index contributed by atoms with van der Waals surface area (Å²) >= 11 is 2.33. The highest BCUT2D eigenvalue weighted by Crippen LogP contribution is 2.31. The second-order valence-corrected chi connectivity index (χ2v) is 8.28. The van der Waals surface area contributed by atoms with Gasteiger partial charge < -0.3 is 15.0 Å². The highest BCUT2D eigenvalue weighted by Gasteiger charge is 2.24. The van der Waals surface area contributed by atoms with Crippen LogP contribution in [0.3, 0.4) is 0 Å². The summed E-state index contributed by atoms with van der Waals surface area (Å²) in [5.41, 5.74) is 2.35. The van der Waals surface area contributed by atoms with E-state index in [9.17, 15) is 4.79 Å². The van der Waals surface area contributed by atoms with Crippen LogP contribution in [-0.2, 0) is 4.79 Å². The molecule has 5 nitrogen and oxygen atoms in total. The van der Waals surface area contributed by atoms with Gasteiger partial charge in [0.1, 0.15) is 5.75 Å². The first-order valence-corrected chi connectivity index (χ1v) is 10.5. The van der Waals surface area contributed by atoms with Gasteiger partial charge in [0.2, 0.25) is 5.91 Å². The number of nitrogens with zero attached hydrogens (tertiary/aromatic N) is 2. The number of halogens is 1. The van der Waals surface area contributed by atoms with E-state index in [0.717, 1.165) is 43.9 Å². The Morgan fingerprint density at radius 3 is 2.59 bits per heavy atom. The van der Waals surface area contributed by atoms with Gasteiger partial charge in [-0.15, -0.1) is 0 Å². The minimum absolute atomic E-state index is 0.0514. The number of nitrogens with one attached hydrogen (secondary N) is 1. The largest absolute Gasteiger partial charge is 0.493 e. The van der Waals surface area contributed by atoms with Crippen LogP contribution in [0.5, 0.6) is 5.75 Å². The highest BCUT2D eigenvalue weighted by atomic mass is 127. The first-order chi connectivity index (χ1) is 13.2. The van der Waals surface area contributed by atoms with Crippen LogP contribution >= 0.6 is 22.6 Å². The number of carbonyl (C=O) groups is 1. The van der Waals surface area contributed by atoms with Crippen LogP contribution in [0.4, 0.5) is 5.69 Å². The molecular formula is C21H24IN3O2. The molecule has 0 radical (unpaired) electrons. The quantitative estimate of drug-likeness (QED) is 0.688. The molecule has 1 N–H and O–H groups in total. The van der Waals surface area contributed by atoms with Gasteiger partial charge in [-0.25, -0.2) is 0 Å². The highest BCUT2D eigenvalue weighted by molar-refractivity contribution is 14.1. The van der Waals surface area contributed by atoms with Crippen molar-refractivity contribution in [1.82, 2.24) is 10.2 Å². The van der Waals surface area contributed by atoms with Crippen LogP contribution in [0, 0.1) is 3.57 Å². The summed E-state index contributed by atoms with van der Waals surface area (Å²) in [5.74, 6) is 0.986. The Labute approximate surface area is 173 Å². The number of piperazine rings is 1. The fourth-order valence-corrected chi connectivity index (χ4v) is 4.11. The number of carbonyl (C=O) groups excluding carboxylic acids is 1. The van der Waals surface area contributed by atoms with Crippen molar-refractivity contribution in [1.29, 1.82) is 0 Å². The Morgan fingerprint density at radius 1 is 1.07 bits per heavy atom. The van der Waals surface area contributed by atoms with Gasteiger partial charge in [0, 0.05) is 47.4 Å². The first kappa shape index (κ1) is 18.6. The predicted octanol–water partition coefficient (Wildman–Crippen LogP) is 3.05. The topological polar surface area (TPSA) is 44.8 Å². The second-order valence-electron chi connectivity index (χ2n) is 7.03. The van der Waals surface area contributed by atoms with E-state index < -0.39 is 0 Å². The summed E-state index contributed by atoms with van der Waals surface area (Å²) in [6, 6.07) is 16.7. The van der Waals surface area contributed by atoms with Gasteiger partial charge in [0.05, 0.1) is 19.2 Å². The fourth-order valence-electron chi connectivity index (χ4n) is 3.75. The van der Waals surface area contributed by atoms with E-state index in [4.69, 9.17) is 4.74 Å². The molecule has 0 spiro atoms. The van der Waals surface area contributed by atoms with Crippen LogP contribution in [0.2, 0.25) is 0 Å². The van der Waals surface area contributed by atoms with E-state index in [2.05, 4.69) is 62.0 Å². The van der Waals surface area contributed by atoms with Crippen LogP contribution in [0.25, 0.3) is 0 Å². The lowest BCUT2D eigenvalue weighted by atomic mass is 10.0. The number of hydrogen-bond donors (Lipinski definition) is 1. The Balaban J connectivity index is 1.28. The maximum Gasteiger partial charge on any atom is 0.234 e. The van der Waals surface area contributed by atoms with Crippen LogP contribution < -0.4 is 15.0 Å². The molecule has 1 atom stereocenters. The van der Waals surface area contributed by atoms with E-state index >= 15 is 0 Å². The summed E-state index contributed by atoms with van der Waals surface area (Å²) in [4.78, 5) is 17.2. The molecule has 0 bridgehead atoms. The minimum Gasteiger partial charge on any atom is -0.493 e. The third-order valence-corrected chi connectivity index (χ3v) is 5.94. The van der Waals surface area contributed by atoms with Crippen LogP contribution in [-0.4, -0.2) is 50.1 Å². The van der Waals surface area contributed by atoms with Gasteiger partial charge >= 0.3 is 0 Å². The number of ether oxygens (including phenoxy) is 1. The van der Waals surface area contributed by atoms with Crippen molar-refractivity contribution in [2.75, 3.05) is 44.2 Å². The maximum absolute atomic E-state index is 12.6. The third-order valence-electron chi connectivity index (χ3n) is 5.23. The lowest BCUT2D eigenvalue weighted by Gasteiger charge is -2.36. The summed E-state index contributed by atoms with van der Waals surface area (Å²) in [6.07, 6.45) is 0.823. The van der Waals surface area contributed by atoms with Crippen molar-refractivity contribution in [3.63, 3.8) is 0 Å². The smallest absolute Gasteiger partial charge is 0.234 e. The molecule has 2 heterocycles. The average molecular weight is 477 g/mol. The molecule has 1 fully saturated rings. The number of benzene rings is 2. The number of para-hydroxylation sites is 1. The first-order valence-electron chi connectivity index (χ1n) is 9.43. The molecule has 1 unspecified atom stereocenters. The zero-order chi connectivity index (χ0) is 18.6. The normalized spacial score (nSPS) is 19.9. The second kappa shape index (κ2) is 8.48. The molecule has 2 aliphatic heterocycles. The zero-order valence-electron chi connectivity index (χ0n) is 15.2. The van der Waals surface area contributed by atoms with Gasteiger partial charge in [0.25, 0.3) is 0 Å². The van der Waals surface area contributed by atoms with Gasteiger partial charge in [-0.3, -0.25) is 9.69 Å². The monoisotopic (exact) mass is 477 g/mol. The van der Waals surface area contributed by atoms with Gasteiger partial charge in [-0.05, 0) is 52.9 Å². The van der Waals surface area contributed by atoms with Gasteiger partial charge in [-0.2, -0.15) is 0 Å². The lowest BCUT2D eigenvalue weighted by Crippen LogP contribution is -2.50. The van der Waals surface area contributed by atoms with Crippen molar-refractivity contribution < 1.29 is 9.53 Å². The van der Waals surface area contributed by atoms with E-state index in [0.29, 0.717) is 13.2 Å². The Bertz CT molecular complexity index is 788. The molecule has 0 aromatic heterocycles. The molecule has 2 aliphatic rings. The van der Waals surface area contributed by atoms with E-state index in [1.807, 2.05) is 24.3 Å². The fraction of sp³-hybridized carbons (Fsp3) is 0.381. The van der Waals surface area contributed by atoms with Crippen molar-refractivity contribution in [2.24, 2.45) is 0 Å². The van der Waals surface area contributed by atoms with Crippen molar-refractivity contribution in [3.05, 3.63) is 57.7 Å². The summed E-state index contributed by atoms with van der Waals surface area (Å²) in [5, 5.41) is 3.20. The number of anilines is 1. The lowest BCUT2D eigenvalue weighted by molar-refractivity contribution is -0.123. The SMILES string of the molecule is O=C(CN1CCN(c2ccc(I)cc2)CC1)NC1CCOc2ccccc21. The van der Waals surface area contributed by atoms with Gasteiger partial charge in [0.15, 0.2) is 0 Å². The summed E-state index contributed by atoms with van der Waals surface area (Å²) in [6.45, 7) is 4.83. The Kier molecular flexibility index (Phi) is 5.83. The Hall–Kier alpha value is -1.80. The van der Waals surface area contributed by atoms with E-state index in [1.54, 1.807) is 0 Å². The molecule has 4 rings (SSSR count). The van der Waals surface area contributed by atoms with Gasteiger partial charge in [-0.1, -0.05) is 18.2 Å². The number of fused-ring (bicyclic) bond motifs is 1. The molecule has 0 saturated carbocycles. The van der Waals surface area contributed by atoms with E-state index in [1.165, 1.54) is 9.26 Å². The molecule has 1 amide bonds. The number of hydrogen-bond acceptors (Lipinski definition) is 4. The molecule has 6 heteroatoms. The number of amides is 1. The van der Waals surface area contributed by atoms with Crippen molar-refractivity contribution in [2.45, 2.75) is 12.5 Å². The molecule has 2 aromatic rings. The van der Waals surface area contributed by atoms with Crippen LogP contribution in [0.1, 0.15) is 18.0 Å². The maximum atomic E-state index is 12.6. The van der Waals surface area contributed by atoms with Crippen LogP contribution in [0.15, 0.2) is 48.5 Å². The van der Waals surface area contributed by atoms with E-state index in [-0.39, 0.29) is 11.9 Å². The molecular weight excluding hydrogens is 453 g/mol. The molecule has 27 heavy (non-hydrogen) atoms. The Morgan fingerprint density at radius 2 is 1.81 bits per heavy atom. The summed E-state index contributed by atoms with van der Waals surface area (Å²) in [7, 11) is 0. The van der Waals surface area contributed by atoms with Crippen molar-refractivity contribution in [3.8, 4) is 5.75 Å². The average Bonchev–Trinajstić information content (AvgIpc) is 2.69. The molecule has 142 valence electrons. The summed E-state index contributed by atoms with van der Waals surface area (Å²) < 4.78 is 6.93. The minimum atomic E-state index is 0.0514. The standard InChI is InChI=1S/C21H24IN3O2/c22-16-5-7-17(8-6-16)25-12-10-24(11-13-25)15-21(26)23-19-9-14-27-20-4-2-1-3-18(19)20/h1-8,19H,9-15H2,(H,23,26). The number of rotatable bonds is 4. The zero-order valence-corrected chi connectivity index (χ0v) is 17.4.